The first-order chi connectivity index (χ1) is 4.77. The molecule has 0 amide bonds. The molecule has 0 fully saturated rings. The Hall–Kier alpha value is -0.480. The van der Waals surface area contributed by atoms with Gasteiger partial charge >= 0.3 is 0 Å². The second kappa shape index (κ2) is 3.07. The van der Waals surface area contributed by atoms with Crippen molar-refractivity contribution in [2.45, 2.75) is 11.6 Å². The Morgan fingerprint density at radius 1 is 1.80 bits per heavy atom. The zero-order valence-corrected chi connectivity index (χ0v) is 6.98. The van der Waals surface area contributed by atoms with Crippen molar-refractivity contribution in [3.05, 3.63) is 11.8 Å². The number of thioether (sulfide) groups is 1. The van der Waals surface area contributed by atoms with Gasteiger partial charge in [-0.3, -0.25) is 4.68 Å². The van der Waals surface area contributed by atoms with Gasteiger partial charge in [-0.15, -0.1) is 11.8 Å². The van der Waals surface area contributed by atoms with E-state index in [9.17, 15) is 0 Å². The van der Waals surface area contributed by atoms with Crippen molar-refractivity contribution in [2.75, 3.05) is 6.26 Å². The SMILES string of the molecule is CSc1nn(C)cc1CN. The van der Waals surface area contributed by atoms with E-state index in [1.165, 1.54) is 0 Å². The monoisotopic (exact) mass is 157 g/mol. The van der Waals surface area contributed by atoms with Gasteiger partial charge in [0.2, 0.25) is 0 Å². The summed E-state index contributed by atoms with van der Waals surface area (Å²) < 4.78 is 1.79. The third-order valence-electron chi connectivity index (χ3n) is 1.28. The molecule has 0 bridgehead atoms. The fourth-order valence-corrected chi connectivity index (χ4v) is 1.44. The van der Waals surface area contributed by atoms with Crippen LogP contribution < -0.4 is 5.73 Å². The summed E-state index contributed by atoms with van der Waals surface area (Å²) in [4.78, 5) is 0. The van der Waals surface area contributed by atoms with Crippen molar-refractivity contribution in [3.63, 3.8) is 0 Å². The van der Waals surface area contributed by atoms with Crippen molar-refractivity contribution in [1.29, 1.82) is 0 Å². The van der Waals surface area contributed by atoms with Crippen molar-refractivity contribution in [3.8, 4) is 0 Å². The predicted octanol–water partition coefficient (Wildman–Crippen LogP) is 0.601. The van der Waals surface area contributed by atoms with Crippen LogP contribution in [0.4, 0.5) is 0 Å². The summed E-state index contributed by atoms with van der Waals surface area (Å²) >= 11 is 1.63. The Labute approximate surface area is 64.6 Å². The van der Waals surface area contributed by atoms with E-state index in [2.05, 4.69) is 5.10 Å². The highest BCUT2D eigenvalue weighted by Gasteiger charge is 2.02. The predicted molar refractivity (Wildman–Crippen MR) is 42.9 cm³/mol. The molecule has 0 aliphatic rings. The molecule has 1 heterocycles. The van der Waals surface area contributed by atoms with Crippen LogP contribution in [0, 0.1) is 0 Å². The largest absolute Gasteiger partial charge is 0.326 e. The van der Waals surface area contributed by atoms with Gasteiger partial charge in [-0.1, -0.05) is 0 Å². The van der Waals surface area contributed by atoms with E-state index in [0.29, 0.717) is 6.54 Å². The van der Waals surface area contributed by atoms with Gasteiger partial charge in [-0.05, 0) is 6.26 Å². The number of nitrogens with zero attached hydrogens (tertiary/aromatic N) is 2. The molecule has 0 saturated carbocycles. The standard InChI is InChI=1S/C6H11N3S/c1-9-4-5(3-7)6(8-9)10-2/h4H,3,7H2,1-2H3. The Bertz CT molecular complexity index is 197. The Kier molecular flexibility index (Phi) is 2.34. The molecule has 3 nitrogen and oxygen atoms in total. The van der Waals surface area contributed by atoms with Crippen LogP contribution in [-0.2, 0) is 13.6 Å². The van der Waals surface area contributed by atoms with Gasteiger partial charge in [0.15, 0.2) is 0 Å². The first-order valence-corrected chi connectivity index (χ1v) is 4.27. The lowest BCUT2D eigenvalue weighted by Crippen LogP contribution is -1.95. The Morgan fingerprint density at radius 2 is 2.50 bits per heavy atom. The smallest absolute Gasteiger partial charge is 0.122 e. The number of hydrogen-bond acceptors (Lipinski definition) is 3. The second-order valence-electron chi connectivity index (χ2n) is 2.04. The Morgan fingerprint density at radius 3 is 2.90 bits per heavy atom. The lowest BCUT2D eigenvalue weighted by Gasteiger charge is -1.90. The summed E-state index contributed by atoms with van der Waals surface area (Å²) in [5, 5.41) is 5.23. The van der Waals surface area contributed by atoms with E-state index in [1.54, 1.807) is 16.4 Å². The lowest BCUT2D eigenvalue weighted by atomic mass is 10.4. The number of nitrogens with two attached hydrogens (primary N) is 1. The minimum atomic E-state index is 0.573. The number of rotatable bonds is 2. The van der Waals surface area contributed by atoms with Gasteiger partial charge < -0.3 is 5.73 Å². The second-order valence-corrected chi connectivity index (χ2v) is 2.84. The number of aromatic nitrogens is 2. The number of aryl methyl sites for hydroxylation is 1. The van der Waals surface area contributed by atoms with E-state index in [0.717, 1.165) is 10.6 Å². The zero-order chi connectivity index (χ0) is 7.56. The molecule has 0 radical (unpaired) electrons. The molecule has 10 heavy (non-hydrogen) atoms. The fraction of sp³-hybridized carbons (Fsp3) is 0.500. The van der Waals surface area contributed by atoms with E-state index in [4.69, 9.17) is 5.73 Å². The van der Waals surface area contributed by atoms with E-state index < -0.39 is 0 Å². The molecule has 4 heteroatoms. The van der Waals surface area contributed by atoms with Crippen LogP contribution in [0.15, 0.2) is 11.2 Å². The quantitative estimate of drug-likeness (QED) is 0.639. The van der Waals surface area contributed by atoms with Gasteiger partial charge in [0.05, 0.1) is 0 Å². The summed E-state index contributed by atoms with van der Waals surface area (Å²) in [5.74, 6) is 0. The molecule has 0 unspecified atom stereocenters. The van der Waals surface area contributed by atoms with Crippen LogP contribution in [0.25, 0.3) is 0 Å². The lowest BCUT2D eigenvalue weighted by molar-refractivity contribution is 0.738. The third kappa shape index (κ3) is 1.33. The molecule has 0 saturated heterocycles. The van der Waals surface area contributed by atoms with Crippen LogP contribution in [0.2, 0.25) is 0 Å². The maximum Gasteiger partial charge on any atom is 0.122 e. The first kappa shape index (κ1) is 7.63. The minimum absolute atomic E-state index is 0.573. The van der Waals surface area contributed by atoms with Gasteiger partial charge in [0.1, 0.15) is 5.03 Å². The molecular formula is C6H11N3S. The fourth-order valence-electron chi connectivity index (χ4n) is 0.829. The summed E-state index contributed by atoms with van der Waals surface area (Å²) in [6, 6.07) is 0. The van der Waals surface area contributed by atoms with Crippen molar-refractivity contribution in [2.24, 2.45) is 12.8 Å². The first-order valence-electron chi connectivity index (χ1n) is 3.04. The van der Waals surface area contributed by atoms with Crippen molar-refractivity contribution in [1.82, 2.24) is 9.78 Å². The Balaban J connectivity index is 2.96. The van der Waals surface area contributed by atoms with Gasteiger partial charge in [-0.2, -0.15) is 5.10 Å². The van der Waals surface area contributed by atoms with E-state index in [1.807, 2.05) is 19.5 Å². The molecule has 56 valence electrons. The average Bonchev–Trinajstić information content (AvgIpc) is 2.30. The van der Waals surface area contributed by atoms with Gasteiger partial charge in [0, 0.05) is 25.4 Å². The van der Waals surface area contributed by atoms with Crippen LogP contribution in [0.5, 0.6) is 0 Å². The molecule has 1 aromatic heterocycles. The molecule has 0 spiro atoms. The minimum Gasteiger partial charge on any atom is -0.326 e. The maximum absolute atomic E-state index is 5.47. The van der Waals surface area contributed by atoms with E-state index in [-0.39, 0.29) is 0 Å². The summed E-state index contributed by atoms with van der Waals surface area (Å²) in [5.41, 5.74) is 6.59. The van der Waals surface area contributed by atoms with Crippen LogP contribution >= 0.6 is 11.8 Å². The van der Waals surface area contributed by atoms with Crippen molar-refractivity contribution < 1.29 is 0 Å². The van der Waals surface area contributed by atoms with Gasteiger partial charge in [-0.25, -0.2) is 0 Å². The molecular weight excluding hydrogens is 146 g/mol. The highest BCUT2D eigenvalue weighted by molar-refractivity contribution is 7.98. The number of hydrogen-bond donors (Lipinski definition) is 1. The molecule has 1 aromatic rings. The summed E-state index contributed by atoms with van der Waals surface area (Å²) in [6.07, 6.45) is 3.95. The van der Waals surface area contributed by atoms with E-state index >= 15 is 0 Å². The third-order valence-corrected chi connectivity index (χ3v) is 2.01. The normalized spacial score (nSPS) is 10.3. The molecule has 0 aromatic carbocycles. The van der Waals surface area contributed by atoms with Crippen LogP contribution in [0.3, 0.4) is 0 Å². The molecule has 1 rings (SSSR count). The highest BCUT2D eigenvalue weighted by Crippen LogP contribution is 2.16. The molecule has 0 atom stereocenters. The zero-order valence-electron chi connectivity index (χ0n) is 6.16. The van der Waals surface area contributed by atoms with Crippen LogP contribution in [-0.4, -0.2) is 16.0 Å². The highest BCUT2D eigenvalue weighted by atomic mass is 32.2. The summed E-state index contributed by atoms with van der Waals surface area (Å²) in [7, 11) is 1.90. The van der Waals surface area contributed by atoms with Gasteiger partial charge in [0.25, 0.3) is 0 Å². The maximum atomic E-state index is 5.47. The average molecular weight is 157 g/mol. The topological polar surface area (TPSA) is 43.8 Å². The van der Waals surface area contributed by atoms with Crippen LogP contribution in [0.1, 0.15) is 5.56 Å². The molecule has 0 aliphatic heterocycles. The summed E-state index contributed by atoms with van der Waals surface area (Å²) in [6.45, 7) is 0.573. The molecule has 2 N–H and O–H groups in total. The van der Waals surface area contributed by atoms with Crippen molar-refractivity contribution >= 4 is 11.8 Å². The molecule has 0 aliphatic carbocycles.